The van der Waals surface area contributed by atoms with Gasteiger partial charge in [0.25, 0.3) is 5.91 Å². The lowest BCUT2D eigenvalue weighted by molar-refractivity contribution is 0.102. The first-order valence-electron chi connectivity index (χ1n) is 7.84. The molecule has 0 saturated heterocycles. The zero-order chi connectivity index (χ0) is 20.1. The van der Waals surface area contributed by atoms with Crippen molar-refractivity contribution in [1.29, 1.82) is 0 Å². The molecule has 0 fully saturated rings. The summed E-state index contributed by atoms with van der Waals surface area (Å²) in [6.45, 7) is 0.0404. The lowest BCUT2D eigenvalue weighted by Gasteiger charge is -2.11. The molecule has 0 unspecified atom stereocenters. The van der Waals surface area contributed by atoms with E-state index in [0.717, 1.165) is 18.3 Å². The Balaban J connectivity index is 2.31. The van der Waals surface area contributed by atoms with Crippen LogP contribution < -0.4 is 11.1 Å². The van der Waals surface area contributed by atoms with E-state index in [0.29, 0.717) is 5.56 Å². The van der Waals surface area contributed by atoms with E-state index in [1.165, 1.54) is 25.1 Å². The number of halogens is 4. The maximum absolute atomic E-state index is 14.4. The summed E-state index contributed by atoms with van der Waals surface area (Å²) in [7, 11) is 0. The average Bonchev–Trinajstić information content (AvgIpc) is 2.56. The lowest BCUT2D eigenvalue weighted by Crippen LogP contribution is -2.15. The van der Waals surface area contributed by atoms with Crippen LogP contribution in [0.5, 0.6) is 0 Å². The van der Waals surface area contributed by atoms with Crippen molar-refractivity contribution in [2.75, 3.05) is 5.32 Å². The van der Waals surface area contributed by atoms with E-state index in [9.17, 15) is 22.4 Å². The van der Waals surface area contributed by atoms with Crippen molar-refractivity contribution in [1.82, 2.24) is 0 Å². The molecule has 2 aromatic carbocycles. The van der Waals surface area contributed by atoms with E-state index in [4.69, 9.17) is 5.73 Å². The summed E-state index contributed by atoms with van der Waals surface area (Å²) >= 11 is 0. The van der Waals surface area contributed by atoms with Crippen molar-refractivity contribution in [2.24, 2.45) is 10.7 Å². The summed E-state index contributed by atoms with van der Waals surface area (Å²) in [6, 6.07) is 7.80. The first-order chi connectivity index (χ1) is 12.7. The maximum Gasteiger partial charge on any atom is 0.331 e. The zero-order valence-electron chi connectivity index (χ0n) is 14.6. The molecule has 8 heteroatoms. The van der Waals surface area contributed by atoms with Gasteiger partial charge in [-0.3, -0.25) is 4.79 Å². The molecule has 0 atom stereocenters. The predicted octanol–water partition coefficient (Wildman–Crippen LogP) is 4.51. The van der Waals surface area contributed by atoms with Crippen molar-refractivity contribution < 1.29 is 22.4 Å². The van der Waals surface area contributed by atoms with Gasteiger partial charge in [-0.15, -0.1) is 0 Å². The minimum Gasteiger partial charge on any atom is -0.402 e. The number of anilines is 1. The number of rotatable bonds is 5. The highest BCUT2D eigenvalue weighted by Gasteiger charge is 2.16. The molecule has 0 bridgehead atoms. The summed E-state index contributed by atoms with van der Waals surface area (Å²) in [5.41, 5.74) is 6.00. The first kappa shape index (κ1) is 20.2. The summed E-state index contributed by atoms with van der Waals surface area (Å²) in [5, 5.41) is 2.41. The van der Waals surface area contributed by atoms with Gasteiger partial charge in [0.15, 0.2) is 0 Å². The van der Waals surface area contributed by atoms with E-state index in [1.54, 1.807) is 13.0 Å². The Hall–Kier alpha value is -3.16. The number of aryl methyl sites for hydroxylation is 1. The number of hydrogen-bond acceptors (Lipinski definition) is 3. The van der Waals surface area contributed by atoms with Crippen LogP contribution in [0, 0.1) is 18.6 Å². The van der Waals surface area contributed by atoms with Gasteiger partial charge in [0, 0.05) is 28.7 Å². The average molecular weight is 379 g/mol. The molecule has 4 nitrogen and oxygen atoms in total. The molecule has 0 radical (unpaired) electrons. The van der Waals surface area contributed by atoms with Crippen LogP contribution in [0.1, 0.15) is 28.4 Å². The van der Waals surface area contributed by atoms with E-state index in [-0.39, 0.29) is 28.1 Å². The minimum absolute atomic E-state index is 0.00405. The van der Waals surface area contributed by atoms with E-state index < -0.39 is 24.1 Å². The molecular weight excluding hydrogens is 362 g/mol. The van der Waals surface area contributed by atoms with Crippen LogP contribution >= 0.6 is 0 Å². The second kappa shape index (κ2) is 8.48. The third-order valence-electron chi connectivity index (χ3n) is 3.71. The Kier molecular flexibility index (Phi) is 6.33. The van der Waals surface area contributed by atoms with Crippen LogP contribution in [0.4, 0.5) is 23.2 Å². The summed E-state index contributed by atoms with van der Waals surface area (Å²) in [5.74, 6) is -2.24. The van der Waals surface area contributed by atoms with Crippen LogP contribution in [0.25, 0.3) is 5.57 Å². The third kappa shape index (κ3) is 4.93. The molecule has 0 spiro atoms. The number of amides is 1. The summed E-state index contributed by atoms with van der Waals surface area (Å²) in [4.78, 5) is 15.2. The molecule has 1 amide bonds. The lowest BCUT2D eigenvalue weighted by atomic mass is 10.0. The van der Waals surface area contributed by atoms with Gasteiger partial charge < -0.3 is 11.1 Å². The monoisotopic (exact) mass is 379 g/mol. The van der Waals surface area contributed by atoms with Crippen LogP contribution in [-0.2, 0) is 0 Å². The smallest absolute Gasteiger partial charge is 0.331 e. The van der Waals surface area contributed by atoms with E-state index >= 15 is 0 Å². The largest absolute Gasteiger partial charge is 0.402 e. The second-order valence-electron chi connectivity index (χ2n) is 5.73. The SMILES string of the molecule is C/C(N)=C(/C=N/C(F)F)c1ccc(NC(=O)c2c(C)cccc2F)cc1F. The fourth-order valence-corrected chi connectivity index (χ4v) is 2.44. The fourth-order valence-electron chi connectivity index (χ4n) is 2.44. The van der Waals surface area contributed by atoms with Gasteiger partial charge in [-0.05, 0) is 43.7 Å². The Morgan fingerprint density at radius 1 is 1.19 bits per heavy atom. The Labute approximate surface area is 153 Å². The van der Waals surface area contributed by atoms with Crippen LogP contribution in [0.2, 0.25) is 0 Å². The van der Waals surface area contributed by atoms with Crippen LogP contribution in [0.3, 0.4) is 0 Å². The van der Waals surface area contributed by atoms with Gasteiger partial charge in [0.2, 0.25) is 0 Å². The van der Waals surface area contributed by atoms with Crippen molar-refractivity contribution in [3.05, 3.63) is 70.4 Å². The molecule has 2 aromatic rings. The summed E-state index contributed by atoms with van der Waals surface area (Å²) in [6.07, 6.45) is 0.791. The predicted molar refractivity (Wildman–Crippen MR) is 96.8 cm³/mol. The Morgan fingerprint density at radius 2 is 1.89 bits per heavy atom. The molecule has 2 rings (SSSR count). The molecule has 0 aliphatic rings. The molecule has 0 aliphatic carbocycles. The topological polar surface area (TPSA) is 67.5 Å². The molecule has 142 valence electrons. The number of alkyl halides is 2. The van der Waals surface area contributed by atoms with Crippen molar-refractivity contribution in [2.45, 2.75) is 20.4 Å². The number of nitrogens with two attached hydrogens (primary N) is 1. The zero-order valence-corrected chi connectivity index (χ0v) is 14.6. The highest BCUT2D eigenvalue weighted by atomic mass is 19.3. The normalized spacial score (nSPS) is 12.4. The highest BCUT2D eigenvalue weighted by molar-refractivity contribution is 6.11. The summed E-state index contributed by atoms with van der Waals surface area (Å²) < 4.78 is 52.8. The quantitative estimate of drug-likeness (QED) is 0.456. The van der Waals surface area contributed by atoms with Gasteiger partial charge in [-0.1, -0.05) is 12.1 Å². The number of allylic oxidation sites excluding steroid dienone is 2. The number of aliphatic imine (C=N–C) groups is 1. The van der Waals surface area contributed by atoms with Gasteiger partial charge in [0.05, 0.1) is 5.56 Å². The first-order valence-corrected chi connectivity index (χ1v) is 7.84. The minimum atomic E-state index is -2.95. The third-order valence-corrected chi connectivity index (χ3v) is 3.71. The van der Waals surface area contributed by atoms with Crippen molar-refractivity contribution in [3.8, 4) is 0 Å². The van der Waals surface area contributed by atoms with Gasteiger partial charge in [-0.25, -0.2) is 13.8 Å². The molecule has 0 saturated carbocycles. The Morgan fingerprint density at radius 3 is 2.44 bits per heavy atom. The number of hydrogen-bond donors (Lipinski definition) is 2. The molecule has 27 heavy (non-hydrogen) atoms. The number of benzene rings is 2. The number of nitrogens with zero attached hydrogens (tertiary/aromatic N) is 1. The molecule has 0 heterocycles. The molecule has 0 aliphatic heterocycles. The second-order valence-corrected chi connectivity index (χ2v) is 5.73. The molecule has 0 aromatic heterocycles. The van der Waals surface area contributed by atoms with Gasteiger partial charge >= 0.3 is 6.55 Å². The molecule has 3 N–H and O–H groups in total. The van der Waals surface area contributed by atoms with Crippen molar-refractivity contribution in [3.63, 3.8) is 0 Å². The fraction of sp³-hybridized carbons (Fsp3) is 0.158. The maximum atomic E-state index is 14.4. The van der Waals surface area contributed by atoms with Crippen LogP contribution in [-0.4, -0.2) is 18.7 Å². The number of nitrogens with one attached hydrogen (secondary N) is 1. The van der Waals surface area contributed by atoms with Gasteiger partial charge in [0.1, 0.15) is 11.6 Å². The van der Waals surface area contributed by atoms with Crippen LogP contribution in [0.15, 0.2) is 47.1 Å². The number of carbonyl (C=O) groups excluding carboxylic acids is 1. The Bertz CT molecular complexity index is 899. The number of carbonyl (C=O) groups is 1. The van der Waals surface area contributed by atoms with Gasteiger partial charge in [-0.2, -0.15) is 8.78 Å². The standard InChI is InChI=1S/C19H17F4N3O/c1-10-4-3-5-15(20)17(10)18(27)26-12-6-7-13(16(21)8-12)14(11(2)24)9-25-19(22)23/h3-9,19H,24H2,1-2H3,(H,26,27)/b14-11+,25-9+. The van der Waals surface area contributed by atoms with E-state index in [2.05, 4.69) is 10.3 Å². The molecular formula is C19H17F4N3O. The van der Waals surface area contributed by atoms with Crippen molar-refractivity contribution >= 4 is 23.4 Å². The van der Waals surface area contributed by atoms with E-state index in [1.807, 2.05) is 0 Å². The highest BCUT2D eigenvalue weighted by Crippen LogP contribution is 2.23.